The van der Waals surface area contributed by atoms with Crippen LogP contribution in [0.4, 0.5) is 0 Å². The molecule has 0 fully saturated rings. The molecule has 1 atom stereocenters. The summed E-state index contributed by atoms with van der Waals surface area (Å²) in [5.74, 6) is 2.22. The third kappa shape index (κ3) is 6.63. The van der Waals surface area contributed by atoms with Crippen LogP contribution in [0.3, 0.4) is 0 Å². The number of hydrogen-bond acceptors (Lipinski definition) is 3. The van der Waals surface area contributed by atoms with E-state index in [-0.39, 0.29) is 5.91 Å². The van der Waals surface area contributed by atoms with Gasteiger partial charge in [-0.3, -0.25) is 4.79 Å². The largest absolute Gasteiger partial charge is 0.481 e. The van der Waals surface area contributed by atoms with E-state index in [4.69, 9.17) is 27.9 Å². The van der Waals surface area contributed by atoms with Crippen molar-refractivity contribution in [3.63, 3.8) is 0 Å². The van der Waals surface area contributed by atoms with Crippen LogP contribution in [0.15, 0.2) is 30.3 Å². The number of amides is 1. The first-order chi connectivity index (χ1) is 12.8. The van der Waals surface area contributed by atoms with E-state index in [1.807, 2.05) is 39.0 Å². The molecule has 0 aliphatic carbocycles. The Morgan fingerprint density at radius 3 is 2.63 bits per heavy atom. The molecule has 0 aliphatic heterocycles. The molecule has 6 heteroatoms. The fraction of sp³-hybridized carbons (Fsp3) is 0.381. The monoisotopic (exact) mass is 425 g/mol. The van der Waals surface area contributed by atoms with Crippen molar-refractivity contribution < 1.29 is 9.53 Å². The Labute approximate surface area is 175 Å². The summed E-state index contributed by atoms with van der Waals surface area (Å²) in [5, 5.41) is 4.23. The highest BCUT2D eigenvalue weighted by Gasteiger charge is 2.16. The third-order valence-electron chi connectivity index (χ3n) is 4.26. The smallest absolute Gasteiger partial charge is 0.260 e. The van der Waals surface area contributed by atoms with Crippen molar-refractivity contribution in [2.75, 3.05) is 12.3 Å². The lowest BCUT2D eigenvalue weighted by molar-refractivity contribution is -0.127. The maximum absolute atomic E-state index is 12.3. The molecule has 0 saturated heterocycles. The van der Waals surface area contributed by atoms with E-state index in [2.05, 4.69) is 11.4 Å². The molecule has 2 aromatic rings. The molecule has 146 valence electrons. The van der Waals surface area contributed by atoms with Crippen molar-refractivity contribution in [1.82, 2.24) is 5.32 Å². The van der Waals surface area contributed by atoms with E-state index in [0.717, 1.165) is 39.5 Å². The van der Waals surface area contributed by atoms with Crippen molar-refractivity contribution in [2.24, 2.45) is 0 Å². The van der Waals surface area contributed by atoms with Gasteiger partial charge in [0.15, 0.2) is 6.10 Å². The Kier molecular flexibility index (Phi) is 8.33. The van der Waals surface area contributed by atoms with E-state index in [9.17, 15) is 4.79 Å². The Bertz CT molecular complexity index is 811. The van der Waals surface area contributed by atoms with Gasteiger partial charge in [0.05, 0.1) is 0 Å². The minimum atomic E-state index is -0.541. The number of ether oxygens (including phenoxy) is 1. The van der Waals surface area contributed by atoms with Crippen LogP contribution in [0.5, 0.6) is 5.75 Å². The van der Waals surface area contributed by atoms with Crippen LogP contribution in [0.2, 0.25) is 10.0 Å². The van der Waals surface area contributed by atoms with Gasteiger partial charge in [-0.05, 0) is 68.1 Å². The van der Waals surface area contributed by atoms with Crippen LogP contribution in [-0.2, 0) is 10.5 Å². The molecule has 0 heterocycles. The predicted octanol–water partition coefficient (Wildman–Crippen LogP) is 5.74. The molecule has 1 unspecified atom stereocenters. The summed E-state index contributed by atoms with van der Waals surface area (Å²) in [7, 11) is 0. The highest BCUT2D eigenvalue weighted by Crippen LogP contribution is 2.25. The minimum Gasteiger partial charge on any atom is -0.481 e. The molecule has 0 aliphatic rings. The summed E-state index contributed by atoms with van der Waals surface area (Å²) in [5.41, 5.74) is 4.39. The van der Waals surface area contributed by atoms with Gasteiger partial charge in [-0.15, -0.1) is 0 Å². The fourth-order valence-electron chi connectivity index (χ4n) is 2.58. The minimum absolute atomic E-state index is 0.112. The molecule has 1 N–H and O–H groups in total. The number of carbonyl (C=O) groups excluding carboxylic acids is 1. The van der Waals surface area contributed by atoms with Crippen LogP contribution < -0.4 is 10.1 Å². The van der Waals surface area contributed by atoms with Gasteiger partial charge in [-0.2, -0.15) is 11.8 Å². The molecule has 3 nitrogen and oxygen atoms in total. The molecule has 0 bridgehead atoms. The van der Waals surface area contributed by atoms with Crippen LogP contribution in [-0.4, -0.2) is 24.3 Å². The van der Waals surface area contributed by atoms with Gasteiger partial charge < -0.3 is 10.1 Å². The number of nitrogens with one attached hydrogen (secondary N) is 1. The number of hydrogen-bond donors (Lipinski definition) is 1. The standard InChI is InChI=1S/C21H25Cl2NO2S/c1-13-9-14(2)15(3)20(10-13)26-16(4)21(25)24-7-8-27-12-17-5-6-18(22)11-19(17)23/h5-6,9-11,16H,7-8,12H2,1-4H3,(H,24,25). The van der Waals surface area contributed by atoms with Crippen molar-refractivity contribution in [1.29, 1.82) is 0 Å². The second kappa shape index (κ2) is 10.3. The first-order valence-corrected chi connectivity index (χ1v) is 10.7. The van der Waals surface area contributed by atoms with E-state index in [1.165, 1.54) is 0 Å². The lowest BCUT2D eigenvalue weighted by Gasteiger charge is -2.18. The van der Waals surface area contributed by atoms with E-state index < -0.39 is 6.10 Å². The SMILES string of the molecule is Cc1cc(C)c(C)c(OC(C)C(=O)NCCSCc2ccc(Cl)cc2Cl)c1. The zero-order valence-corrected chi connectivity index (χ0v) is 18.4. The van der Waals surface area contributed by atoms with Gasteiger partial charge >= 0.3 is 0 Å². The van der Waals surface area contributed by atoms with Gasteiger partial charge in [-0.25, -0.2) is 0 Å². The predicted molar refractivity (Wildman–Crippen MR) is 116 cm³/mol. The zero-order chi connectivity index (χ0) is 20.0. The fourth-order valence-corrected chi connectivity index (χ4v) is 4.00. The van der Waals surface area contributed by atoms with Gasteiger partial charge in [0, 0.05) is 28.1 Å². The van der Waals surface area contributed by atoms with Crippen LogP contribution in [0, 0.1) is 20.8 Å². The van der Waals surface area contributed by atoms with Crippen molar-refractivity contribution >= 4 is 40.9 Å². The molecule has 0 spiro atoms. The molecule has 0 saturated carbocycles. The average Bonchev–Trinajstić information content (AvgIpc) is 2.60. The first kappa shape index (κ1) is 21.9. The molecule has 1 amide bonds. The van der Waals surface area contributed by atoms with E-state index in [0.29, 0.717) is 16.6 Å². The maximum Gasteiger partial charge on any atom is 0.260 e. The first-order valence-electron chi connectivity index (χ1n) is 8.82. The third-order valence-corrected chi connectivity index (χ3v) is 5.85. The van der Waals surface area contributed by atoms with Gasteiger partial charge in [-0.1, -0.05) is 35.3 Å². The number of carbonyl (C=O) groups is 1. The molecule has 0 aromatic heterocycles. The second-order valence-electron chi connectivity index (χ2n) is 6.54. The second-order valence-corrected chi connectivity index (χ2v) is 8.49. The van der Waals surface area contributed by atoms with Crippen LogP contribution in [0.1, 0.15) is 29.2 Å². The average molecular weight is 426 g/mol. The molecule has 2 rings (SSSR count). The molecule has 0 radical (unpaired) electrons. The lowest BCUT2D eigenvalue weighted by atomic mass is 10.1. The Morgan fingerprint density at radius 1 is 1.19 bits per heavy atom. The van der Waals surface area contributed by atoms with Crippen molar-refractivity contribution in [3.05, 3.63) is 62.6 Å². The van der Waals surface area contributed by atoms with Gasteiger partial charge in [0.1, 0.15) is 5.75 Å². The lowest BCUT2D eigenvalue weighted by Crippen LogP contribution is -2.37. The van der Waals surface area contributed by atoms with Crippen LogP contribution >= 0.6 is 35.0 Å². The molecule has 2 aromatic carbocycles. The Morgan fingerprint density at radius 2 is 1.93 bits per heavy atom. The number of halogens is 2. The van der Waals surface area contributed by atoms with E-state index in [1.54, 1.807) is 24.8 Å². The number of rotatable bonds is 8. The van der Waals surface area contributed by atoms with Crippen LogP contribution in [0.25, 0.3) is 0 Å². The summed E-state index contributed by atoms with van der Waals surface area (Å²) in [6.07, 6.45) is -0.541. The summed E-state index contributed by atoms with van der Waals surface area (Å²) >= 11 is 13.8. The van der Waals surface area contributed by atoms with Gasteiger partial charge in [0.2, 0.25) is 0 Å². The van der Waals surface area contributed by atoms with Crippen molar-refractivity contribution in [2.45, 2.75) is 39.6 Å². The zero-order valence-electron chi connectivity index (χ0n) is 16.1. The number of thioether (sulfide) groups is 1. The molecule has 27 heavy (non-hydrogen) atoms. The summed E-state index contributed by atoms with van der Waals surface area (Å²) in [6.45, 7) is 8.42. The molecular formula is C21H25Cl2NO2S. The number of aryl methyl sites for hydroxylation is 2. The Balaban J connectivity index is 1.75. The van der Waals surface area contributed by atoms with E-state index >= 15 is 0 Å². The highest BCUT2D eigenvalue weighted by molar-refractivity contribution is 7.98. The quantitative estimate of drug-likeness (QED) is 0.548. The summed E-state index contributed by atoms with van der Waals surface area (Å²) in [6, 6.07) is 9.58. The summed E-state index contributed by atoms with van der Waals surface area (Å²) < 4.78 is 5.87. The maximum atomic E-state index is 12.3. The Hall–Kier alpha value is -1.36. The normalized spacial score (nSPS) is 11.9. The van der Waals surface area contributed by atoms with Crippen molar-refractivity contribution in [3.8, 4) is 5.75 Å². The molecular weight excluding hydrogens is 401 g/mol. The van der Waals surface area contributed by atoms with Gasteiger partial charge in [0.25, 0.3) is 5.91 Å². The topological polar surface area (TPSA) is 38.3 Å². The highest BCUT2D eigenvalue weighted by atomic mass is 35.5. The number of benzene rings is 2. The summed E-state index contributed by atoms with van der Waals surface area (Å²) in [4.78, 5) is 12.3.